The second kappa shape index (κ2) is 6.73. The SMILES string of the molecule is Cc1cc2nc3c(=O)[nH]c(=O)nc-3n(CC[C@@H](O)CCO)c2cc1C. The first-order valence-corrected chi connectivity index (χ1v) is 8.11. The predicted octanol–water partition coefficient (Wildman–Crippen LogP) is 0.335. The Labute approximate surface area is 143 Å². The average Bonchev–Trinajstić information content (AvgIpc) is 2.54. The van der Waals surface area contributed by atoms with Crippen LogP contribution < -0.4 is 11.2 Å². The molecule has 0 aromatic heterocycles. The van der Waals surface area contributed by atoms with E-state index in [0.29, 0.717) is 18.5 Å². The van der Waals surface area contributed by atoms with Crippen molar-refractivity contribution in [1.82, 2.24) is 19.5 Å². The van der Waals surface area contributed by atoms with Crippen molar-refractivity contribution in [2.45, 2.75) is 39.3 Å². The molecule has 0 aliphatic carbocycles. The number of nitrogens with one attached hydrogen (secondary N) is 1. The van der Waals surface area contributed by atoms with E-state index < -0.39 is 17.4 Å². The van der Waals surface area contributed by atoms with E-state index >= 15 is 0 Å². The lowest BCUT2D eigenvalue weighted by atomic mass is 10.1. The summed E-state index contributed by atoms with van der Waals surface area (Å²) >= 11 is 0. The quantitative estimate of drug-likeness (QED) is 0.574. The molecule has 0 amide bonds. The summed E-state index contributed by atoms with van der Waals surface area (Å²) in [6.07, 6.45) is -0.0637. The average molecular weight is 344 g/mol. The van der Waals surface area contributed by atoms with Gasteiger partial charge in [-0.3, -0.25) is 9.78 Å². The number of nitrogens with zero attached hydrogens (tertiary/aromatic N) is 3. The Morgan fingerprint density at radius 2 is 1.88 bits per heavy atom. The zero-order valence-electron chi connectivity index (χ0n) is 14.1. The summed E-state index contributed by atoms with van der Waals surface area (Å²) in [7, 11) is 0. The molecule has 0 fully saturated rings. The molecule has 3 N–H and O–H groups in total. The van der Waals surface area contributed by atoms with E-state index in [4.69, 9.17) is 5.11 Å². The van der Waals surface area contributed by atoms with Crippen molar-refractivity contribution >= 4 is 11.0 Å². The number of aliphatic hydroxyl groups is 2. The van der Waals surface area contributed by atoms with Crippen LogP contribution >= 0.6 is 0 Å². The van der Waals surface area contributed by atoms with Crippen LogP contribution in [0.1, 0.15) is 24.0 Å². The van der Waals surface area contributed by atoms with Gasteiger partial charge in [0.05, 0.1) is 17.1 Å². The molecular formula is C17H20N4O4. The molecule has 1 aromatic carbocycles. The Hall–Kier alpha value is -2.58. The highest BCUT2D eigenvalue weighted by Crippen LogP contribution is 2.24. The third-order valence-corrected chi connectivity index (χ3v) is 4.37. The van der Waals surface area contributed by atoms with Gasteiger partial charge in [-0.1, -0.05) is 0 Å². The van der Waals surface area contributed by atoms with E-state index in [1.54, 1.807) is 4.57 Å². The minimum Gasteiger partial charge on any atom is -0.396 e. The van der Waals surface area contributed by atoms with Gasteiger partial charge >= 0.3 is 5.69 Å². The van der Waals surface area contributed by atoms with Crippen LogP contribution in [0.4, 0.5) is 0 Å². The molecule has 0 unspecified atom stereocenters. The van der Waals surface area contributed by atoms with Crippen LogP contribution in [-0.2, 0) is 6.54 Å². The van der Waals surface area contributed by atoms with Crippen LogP contribution in [0.2, 0.25) is 0 Å². The van der Waals surface area contributed by atoms with Gasteiger partial charge in [-0.2, -0.15) is 4.98 Å². The molecule has 0 saturated heterocycles. The highest BCUT2D eigenvalue weighted by atomic mass is 16.3. The molecule has 2 aliphatic heterocycles. The normalized spacial score (nSPS) is 12.8. The molecule has 25 heavy (non-hydrogen) atoms. The van der Waals surface area contributed by atoms with Crippen molar-refractivity contribution in [2.75, 3.05) is 6.61 Å². The molecule has 0 saturated carbocycles. The van der Waals surface area contributed by atoms with Gasteiger partial charge in [0.15, 0.2) is 11.5 Å². The predicted molar refractivity (Wildman–Crippen MR) is 92.8 cm³/mol. The number of rotatable bonds is 5. The molecule has 8 heteroatoms. The van der Waals surface area contributed by atoms with E-state index in [-0.39, 0.29) is 24.5 Å². The monoisotopic (exact) mass is 344 g/mol. The van der Waals surface area contributed by atoms with Gasteiger partial charge < -0.3 is 14.8 Å². The zero-order valence-corrected chi connectivity index (χ0v) is 14.1. The lowest BCUT2D eigenvalue weighted by Gasteiger charge is -2.19. The number of hydrogen-bond acceptors (Lipinski definition) is 6. The molecule has 2 aliphatic rings. The van der Waals surface area contributed by atoms with Gasteiger partial charge in [-0.05, 0) is 49.9 Å². The summed E-state index contributed by atoms with van der Waals surface area (Å²) in [6.45, 7) is 4.16. The summed E-state index contributed by atoms with van der Waals surface area (Å²) < 4.78 is 1.74. The number of aromatic nitrogens is 4. The molecule has 2 heterocycles. The number of aryl methyl sites for hydroxylation is 3. The minimum absolute atomic E-state index is 0.0898. The van der Waals surface area contributed by atoms with E-state index in [2.05, 4.69) is 15.0 Å². The topological polar surface area (TPSA) is 121 Å². The highest BCUT2D eigenvalue weighted by Gasteiger charge is 2.19. The fourth-order valence-electron chi connectivity index (χ4n) is 2.85. The number of aliphatic hydroxyl groups excluding tert-OH is 2. The Kier molecular flexibility index (Phi) is 4.65. The Bertz CT molecular complexity index is 1010. The fourth-order valence-corrected chi connectivity index (χ4v) is 2.85. The molecule has 0 bridgehead atoms. The maximum absolute atomic E-state index is 12.1. The first-order chi connectivity index (χ1) is 11.9. The number of H-pyrrole nitrogens is 1. The first kappa shape index (κ1) is 17.2. The Balaban J connectivity index is 2.26. The molecule has 0 spiro atoms. The molecule has 3 rings (SSSR count). The van der Waals surface area contributed by atoms with Crippen molar-refractivity contribution in [3.63, 3.8) is 0 Å². The van der Waals surface area contributed by atoms with Crippen LogP contribution in [0, 0.1) is 13.8 Å². The third kappa shape index (κ3) is 3.31. The molecule has 8 nitrogen and oxygen atoms in total. The molecule has 1 atom stereocenters. The Morgan fingerprint density at radius 3 is 2.60 bits per heavy atom. The largest absolute Gasteiger partial charge is 0.396 e. The van der Waals surface area contributed by atoms with Crippen molar-refractivity contribution in [3.8, 4) is 11.5 Å². The van der Waals surface area contributed by atoms with Crippen molar-refractivity contribution in [2.24, 2.45) is 0 Å². The van der Waals surface area contributed by atoms with E-state index in [1.165, 1.54) is 0 Å². The van der Waals surface area contributed by atoms with E-state index in [1.807, 2.05) is 26.0 Å². The van der Waals surface area contributed by atoms with Gasteiger partial charge in [-0.15, -0.1) is 0 Å². The summed E-state index contributed by atoms with van der Waals surface area (Å²) in [4.78, 5) is 34.2. The zero-order chi connectivity index (χ0) is 18.1. The van der Waals surface area contributed by atoms with Gasteiger partial charge in [0.25, 0.3) is 5.56 Å². The van der Waals surface area contributed by atoms with E-state index in [0.717, 1.165) is 16.6 Å². The summed E-state index contributed by atoms with van der Waals surface area (Å²) in [5, 5.41) is 18.9. The number of benzene rings is 1. The van der Waals surface area contributed by atoms with Gasteiger partial charge in [0.2, 0.25) is 0 Å². The van der Waals surface area contributed by atoms with Gasteiger partial charge in [0.1, 0.15) is 0 Å². The smallest absolute Gasteiger partial charge is 0.349 e. The maximum atomic E-state index is 12.1. The number of hydrogen-bond donors (Lipinski definition) is 3. The Morgan fingerprint density at radius 1 is 1.16 bits per heavy atom. The lowest BCUT2D eigenvalue weighted by molar-refractivity contribution is 0.121. The van der Waals surface area contributed by atoms with Crippen LogP contribution in [0.3, 0.4) is 0 Å². The second-order valence-corrected chi connectivity index (χ2v) is 6.19. The summed E-state index contributed by atoms with van der Waals surface area (Å²) in [5.41, 5.74) is 2.22. The fraction of sp³-hybridized carbons (Fsp3) is 0.412. The van der Waals surface area contributed by atoms with Crippen LogP contribution in [0.15, 0.2) is 21.7 Å². The maximum Gasteiger partial charge on any atom is 0.349 e. The lowest BCUT2D eigenvalue weighted by Crippen LogP contribution is -2.29. The second-order valence-electron chi connectivity index (χ2n) is 6.19. The first-order valence-electron chi connectivity index (χ1n) is 8.11. The standard InChI is InChI=1S/C17H20N4O4/c1-9-7-12-13(8-10(9)2)21(5-3-11(23)4-6-22)15-14(18-12)16(24)20-17(25)19-15/h7-8,11,22-23H,3-6H2,1-2H3,(H,20,24,25)/t11-/m1/s1. The summed E-state index contributed by atoms with van der Waals surface area (Å²) in [5.74, 6) is 0.195. The van der Waals surface area contributed by atoms with Crippen molar-refractivity contribution < 1.29 is 10.2 Å². The van der Waals surface area contributed by atoms with Crippen molar-refractivity contribution in [1.29, 1.82) is 0 Å². The number of fused-ring (bicyclic) bond motifs is 2. The number of aromatic amines is 1. The van der Waals surface area contributed by atoms with Crippen molar-refractivity contribution in [3.05, 3.63) is 44.1 Å². The van der Waals surface area contributed by atoms with Crippen LogP contribution in [0.5, 0.6) is 0 Å². The molecular weight excluding hydrogens is 324 g/mol. The minimum atomic E-state index is -0.729. The van der Waals surface area contributed by atoms with Crippen LogP contribution in [0.25, 0.3) is 22.6 Å². The van der Waals surface area contributed by atoms with E-state index in [9.17, 15) is 14.7 Å². The molecule has 132 valence electrons. The molecule has 0 radical (unpaired) electrons. The van der Waals surface area contributed by atoms with Gasteiger partial charge in [-0.25, -0.2) is 9.78 Å². The summed E-state index contributed by atoms with van der Waals surface area (Å²) in [6, 6.07) is 3.82. The van der Waals surface area contributed by atoms with Gasteiger partial charge in [0, 0.05) is 13.2 Å². The highest BCUT2D eigenvalue weighted by molar-refractivity contribution is 5.81. The third-order valence-electron chi connectivity index (χ3n) is 4.37. The molecule has 1 aromatic rings. The van der Waals surface area contributed by atoms with Crippen LogP contribution in [-0.4, -0.2) is 42.4 Å².